The standard InChI is InChI=1S/C25H26ClF2N3O/c26-19-5-8-24-22(15-19)25(29-9-1-2-10-31-11-13-32-14-12-31)17-21(30-24)7-4-18-3-6-20(27)16-23(18)28/h3-8,15-17H,1-2,9-14H2,(H,29,30)/b7-4+. The minimum Gasteiger partial charge on any atom is -0.384 e. The first-order chi connectivity index (χ1) is 15.6. The van der Waals surface area contributed by atoms with Crippen LogP contribution in [0.25, 0.3) is 23.1 Å². The smallest absolute Gasteiger partial charge is 0.133 e. The highest BCUT2D eigenvalue weighted by molar-refractivity contribution is 6.31. The second kappa shape index (κ2) is 10.9. The molecule has 4 rings (SSSR count). The summed E-state index contributed by atoms with van der Waals surface area (Å²) in [5.74, 6) is -1.20. The van der Waals surface area contributed by atoms with E-state index in [1.807, 2.05) is 18.2 Å². The Bertz CT molecular complexity index is 1100. The SMILES string of the molecule is Fc1ccc(/C=C/c2cc(NCCCCN3CCOCC3)c3cc(Cl)ccc3n2)c(F)c1. The maximum atomic E-state index is 14.0. The Balaban J connectivity index is 1.46. The van der Waals surface area contributed by atoms with Gasteiger partial charge in [-0.25, -0.2) is 13.8 Å². The molecule has 1 N–H and O–H groups in total. The van der Waals surface area contributed by atoms with Gasteiger partial charge in [0.05, 0.1) is 24.4 Å². The van der Waals surface area contributed by atoms with Crippen LogP contribution < -0.4 is 5.32 Å². The number of pyridine rings is 1. The third-order valence-corrected chi connectivity index (χ3v) is 5.74. The Morgan fingerprint density at radius 2 is 1.88 bits per heavy atom. The molecule has 0 aliphatic carbocycles. The van der Waals surface area contributed by atoms with Gasteiger partial charge < -0.3 is 10.1 Å². The molecule has 1 aromatic heterocycles. The highest BCUT2D eigenvalue weighted by Crippen LogP contribution is 2.27. The van der Waals surface area contributed by atoms with Crippen molar-refractivity contribution in [3.05, 3.63) is 70.4 Å². The number of rotatable bonds is 8. The van der Waals surface area contributed by atoms with Crippen molar-refractivity contribution in [2.75, 3.05) is 44.7 Å². The van der Waals surface area contributed by atoms with E-state index in [2.05, 4.69) is 15.2 Å². The van der Waals surface area contributed by atoms with Crippen molar-refractivity contribution in [1.29, 1.82) is 0 Å². The van der Waals surface area contributed by atoms with Crippen molar-refractivity contribution >= 4 is 40.3 Å². The fourth-order valence-electron chi connectivity index (χ4n) is 3.77. The van der Waals surface area contributed by atoms with E-state index in [0.29, 0.717) is 16.3 Å². The molecule has 4 nitrogen and oxygen atoms in total. The van der Waals surface area contributed by atoms with Crippen molar-refractivity contribution in [1.82, 2.24) is 9.88 Å². The summed E-state index contributed by atoms with van der Waals surface area (Å²) in [4.78, 5) is 7.08. The lowest BCUT2D eigenvalue weighted by atomic mass is 10.1. The van der Waals surface area contributed by atoms with E-state index < -0.39 is 11.6 Å². The molecule has 3 aromatic rings. The summed E-state index contributed by atoms with van der Waals surface area (Å²) in [6.45, 7) is 5.55. The second-order valence-electron chi connectivity index (χ2n) is 7.84. The molecule has 1 aliphatic rings. The molecular weight excluding hydrogens is 432 g/mol. The second-order valence-corrected chi connectivity index (χ2v) is 8.28. The number of aromatic nitrogens is 1. The number of fused-ring (bicyclic) bond motifs is 1. The Kier molecular flexibility index (Phi) is 7.68. The van der Waals surface area contributed by atoms with Crippen molar-refractivity contribution in [3.63, 3.8) is 0 Å². The number of morpholine rings is 1. The average Bonchev–Trinajstić information content (AvgIpc) is 2.79. The number of nitrogens with zero attached hydrogens (tertiary/aromatic N) is 2. The first kappa shape index (κ1) is 22.6. The highest BCUT2D eigenvalue weighted by Gasteiger charge is 2.10. The van der Waals surface area contributed by atoms with Gasteiger partial charge in [-0.1, -0.05) is 11.6 Å². The number of unbranched alkanes of at least 4 members (excludes halogenated alkanes) is 1. The van der Waals surface area contributed by atoms with Gasteiger partial charge in [0.15, 0.2) is 0 Å². The highest BCUT2D eigenvalue weighted by atomic mass is 35.5. The van der Waals surface area contributed by atoms with E-state index >= 15 is 0 Å². The van der Waals surface area contributed by atoms with Gasteiger partial charge in [0, 0.05) is 47.4 Å². The predicted molar refractivity (Wildman–Crippen MR) is 127 cm³/mol. The summed E-state index contributed by atoms with van der Waals surface area (Å²) in [5.41, 5.74) is 2.72. The van der Waals surface area contributed by atoms with Crippen molar-refractivity contribution in [3.8, 4) is 0 Å². The number of ether oxygens (including phenoxy) is 1. The van der Waals surface area contributed by atoms with Gasteiger partial charge in [-0.3, -0.25) is 4.90 Å². The van der Waals surface area contributed by atoms with E-state index in [1.54, 1.807) is 18.2 Å². The molecule has 7 heteroatoms. The molecule has 0 spiro atoms. The monoisotopic (exact) mass is 457 g/mol. The average molecular weight is 458 g/mol. The molecule has 168 valence electrons. The third kappa shape index (κ3) is 6.03. The number of halogens is 3. The van der Waals surface area contributed by atoms with Crippen LogP contribution in [0.1, 0.15) is 24.1 Å². The lowest BCUT2D eigenvalue weighted by Gasteiger charge is -2.26. The predicted octanol–water partition coefficient (Wildman–Crippen LogP) is 5.86. The summed E-state index contributed by atoms with van der Waals surface area (Å²) in [7, 11) is 0. The van der Waals surface area contributed by atoms with Crippen molar-refractivity contribution < 1.29 is 13.5 Å². The Labute approximate surface area is 191 Å². The Morgan fingerprint density at radius 3 is 2.69 bits per heavy atom. The van der Waals surface area contributed by atoms with E-state index in [9.17, 15) is 8.78 Å². The lowest BCUT2D eigenvalue weighted by Crippen LogP contribution is -2.36. The molecule has 0 bridgehead atoms. The van der Waals surface area contributed by atoms with Gasteiger partial charge in [0.25, 0.3) is 0 Å². The molecule has 1 aliphatic heterocycles. The topological polar surface area (TPSA) is 37.4 Å². The molecule has 0 amide bonds. The summed E-state index contributed by atoms with van der Waals surface area (Å²) < 4.78 is 32.5. The summed E-state index contributed by atoms with van der Waals surface area (Å²) in [6.07, 6.45) is 5.47. The van der Waals surface area contributed by atoms with E-state index in [-0.39, 0.29) is 0 Å². The first-order valence-electron chi connectivity index (χ1n) is 10.9. The van der Waals surface area contributed by atoms with Gasteiger partial charge in [-0.15, -0.1) is 0 Å². The van der Waals surface area contributed by atoms with E-state index in [1.165, 1.54) is 12.1 Å². The molecule has 0 unspecified atom stereocenters. The van der Waals surface area contributed by atoms with Crippen LogP contribution in [0.2, 0.25) is 5.02 Å². The normalized spacial score (nSPS) is 15.0. The number of hydrogen-bond donors (Lipinski definition) is 1. The van der Waals surface area contributed by atoms with Crippen LogP contribution >= 0.6 is 11.6 Å². The lowest BCUT2D eigenvalue weighted by molar-refractivity contribution is 0.0373. The molecule has 2 aromatic carbocycles. The molecule has 0 radical (unpaired) electrons. The van der Waals surface area contributed by atoms with Gasteiger partial charge >= 0.3 is 0 Å². The number of nitrogens with one attached hydrogen (secondary N) is 1. The summed E-state index contributed by atoms with van der Waals surface area (Å²) >= 11 is 6.21. The zero-order valence-corrected chi connectivity index (χ0v) is 18.5. The molecular formula is C25H26ClF2N3O. The van der Waals surface area contributed by atoms with Gasteiger partial charge in [-0.2, -0.15) is 0 Å². The molecule has 0 saturated carbocycles. The molecule has 0 atom stereocenters. The van der Waals surface area contributed by atoms with Gasteiger partial charge in [0.2, 0.25) is 0 Å². The maximum absolute atomic E-state index is 14.0. The first-order valence-corrected chi connectivity index (χ1v) is 11.2. The number of anilines is 1. The number of hydrogen-bond acceptors (Lipinski definition) is 4. The number of benzene rings is 2. The fourth-order valence-corrected chi connectivity index (χ4v) is 3.94. The van der Waals surface area contributed by atoms with Crippen molar-refractivity contribution in [2.45, 2.75) is 12.8 Å². The molecule has 1 fully saturated rings. The van der Waals surface area contributed by atoms with Crippen molar-refractivity contribution in [2.24, 2.45) is 0 Å². The fraction of sp³-hybridized carbons (Fsp3) is 0.320. The summed E-state index contributed by atoms with van der Waals surface area (Å²) in [6, 6.07) is 11.0. The maximum Gasteiger partial charge on any atom is 0.133 e. The van der Waals surface area contributed by atoms with E-state index in [4.69, 9.17) is 16.3 Å². The van der Waals surface area contributed by atoms with Crippen LogP contribution in [0.4, 0.5) is 14.5 Å². The van der Waals surface area contributed by atoms with Crippen LogP contribution in [0.3, 0.4) is 0 Å². The minimum atomic E-state index is -0.604. The van der Waals surface area contributed by atoms with Crippen LogP contribution in [-0.2, 0) is 4.74 Å². The zero-order valence-electron chi connectivity index (χ0n) is 17.8. The van der Waals surface area contributed by atoms with Gasteiger partial charge in [-0.05, 0) is 67.9 Å². The van der Waals surface area contributed by atoms with Crippen LogP contribution in [0, 0.1) is 11.6 Å². The quantitative estimate of drug-likeness (QED) is 0.430. The van der Waals surface area contributed by atoms with Crippen LogP contribution in [0.15, 0.2) is 42.5 Å². The Morgan fingerprint density at radius 1 is 1.03 bits per heavy atom. The molecule has 32 heavy (non-hydrogen) atoms. The minimum absolute atomic E-state index is 0.307. The Hall–Kier alpha value is -2.54. The van der Waals surface area contributed by atoms with Gasteiger partial charge in [0.1, 0.15) is 11.6 Å². The third-order valence-electron chi connectivity index (χ3n) is 5.51. The molecule has 1 saturated heterocycles. The van der Waals surface area contributed by atoms with Crippen LogP contribution in [-0.4, -0.2) is 49.3 Å². The molecule has 2 heterocycles. The van der Waals surface area contributed by atoms with E-state index in [0.717, 1.165) is 74.9 Å². The van der Waals surface area contributed by atoms with Crippen LogP contribution in [0.5, 0.6) is 0 Å². The zero-order chi connectivity index (χ0) is 22.3. The summed E-state index contributed by atoms with van der Waals surface area (Å²) in [5, 5.41) is 5.10. The largest absolute Gasteiger partial charge is 0.384 e.